The molecule has 2 rings (SSSR count). The van der Waals surface area contributed by atoms with E-state index in [1.807, 2.05) is 12.1 Å². The molecule has 0 aromatic carbocycles. The lowest BCUT2D eigenvalue weighted by molar-refractivity contribution is 0.553. The van der Waals surface area contributed by atoms with Crippen molar-refractivity contribution in [3.8, 4) is 10.7 Å². The molecule has 4 nitrogen and oxygen atoms in total. The summed E-state index contributed by atoms with van der Waals surface area (Å²) in [7, 11) is 0. The second kappa shape index (κ2) is 7.07. The topological polar surface area (TPSA) is 50.7 Å². The van der Waals surface area contributed by atoms with E-state index in [0.717, 1.165) is 39.7 Å². The van der Waals surface area contributed by atoms with E-state index in [0.29, 0.717) is 5.92 Å². The van der Waals surface area contributed by atoms with Crippen molar-refractivity contribution < 1.29 is 0 Å². The summed E-state index contributed by atoms with van der Waals surface area (Å²) in [5, 5.41) is 13.7. The fourth-order valence-corrected chi connectivity index (χ4v) is 3.00. The molecule has 0 radical (unpaired) electrons. The van der Waals surface area contributed by atoms with Crippen molar-refractivity contribution >= 4 is 27.3 Å². The van der Waals surface area contributed by atoms with E-state index in [1.54, 1.807) is 17.5 Å². The van der Waals surface area contributed by atoms with Gasteiger partial charge in [-0.25, -0.2) is 0 Å². The number of hydrogen-bond donors (Lipinski definition) is 1. The molecular weight excluding hydrogens is 324 g/mol. The molecule has 19 heavy (non-hydrogen) atoms. The number of halogens is 1. The Labute approximate surface area is 125 Å². The van der Waals surface area contributed by atoms with Crippen molar-refractivity contribution in [1.29, 1.82) is 0 Å². The van der Waals surface area contributed by atoms with E-state index in [2.05, 4.69) is 50.3 Å². The van der Waals surface area contributed by atoms with Gasteiger partial charge in [0.15, 0.2) is 5.01 Å². The lowest BCUT2D eigenvalue weighted by atomic mass is 10.2. The highest BCUT2D eigenvalue weighted by atomic mass is 79.9. The summed E-state index contributed by atoms with van der Waals surface area (Å²) in [6.07, 6.45) is 2.68. The van der Waals surface area contributed by atoms with Gasteiger partial charge < -0.3 is 5.32 Å². The van der Waals surface area contributed by atoms with Crippen molar-refractivity contribution in [1.82, 2.24) is 20.5 Å². The van der Waals surface area contributed by atoms with E-state index < -0.39 is 0 Å². The van der Waals surface area contributed by atoms with Crippen molar-refractivity contribution in [3.63, 3.8) is 0 Å². The second-order valence-corrected chi connectivity index (χ2v) is 6.60. The van der Waals surface area contributed by atoms with Crippen LogP contribution in [0.1, 0.15) is 18.9 Å². The Hall–Kier alpha value is -0.850. The van der Waals surface area contributed by atoms with Crippen LogP contribution in [0.5, 0.6) is 0 Å². The van der Waals surface area contributed by atoms with Crippen LogP contribution in [0.15, 0.2) is 22.8 Å². The van der Waals surface area contributed by atoms with Gasteiger partial charge in [0.25, 0.3) is 0 Å². The normalized spacial score (nSPS) is 11.2. The van der Waals surface area contributed by atoms with Gasteiger partial charge in [-0.15, -0.1) is 10.2 Å². The molecule has 102 valence electrons. The molecule has 2 aromatic rings. The average molecular weight is 341 g/mol. The molecule has 0 unspecified atom stereocenters. The lowest BCUT2D eigenvalue weighted by Gasteiger charge is -2.05. The third-order valence-corrected chi connectivity index (χ3v) is 4.13. The minimum Gasteiger partial charge on any atom is -0.316 e. The summed E-state index contributed by atoms with van der Waals surface area (Å²) < 4.78 is 0.954. The Morgan fingerprint density at radius 3 is 2.95 bits per heavy atom. The van der Waals surface area contributed by atoms with Gasteiger partial charge in [0.2, 0.25) is 0 Å². The summed E-state index contributed by atoms with van der Waals surface area (Å²) in [4.78, 5) is 4.33. The molecule has 0 bridgehead atoms. The minimum atomic E-state index is 0.675. The Morgan fingerprint density at radius 1 is 1.37 bits per heavy atom. The van der Waals surface area contributed by atoms with E-state index in [9.17, 15) is 0 Å². The number of pyridine rings is 1. The van der Waals surface area contributed by atoms with E-state index in [4.69, 9.17) is 0 Å². The molecule has 2 aromatic heterocycles. The van der Waals surface area contributed by atoms with Crippen LogP contribution >= 0.6 is 27.3 Å². The quantitative estimate of drug-likeness (QED) is 0.820. The molecule has 0 spiro atoms. The van der Waals surface area contributed by atoms with E-state index in [1.165, 1.54) is 0 Å². The number of nitrogens with one attached hydrogen (secondary N) is 1. The van der Waals surface area contributed by atoms with Gasteiger partial charge in [0, 0.05) is 23.6 Å². The van der Waals surface area contributed by atoms with Crippen LogP contribution < -0.4 is 5.32 Å². The Morgan fingerprint density at radius 2 is 2.21 bits per heavy atom. The maximum Gasteiger partial charge on any atom is 0.167 e. The van der Waals surface area contributed by atoms with Crippen LogP contribution in [0, 0.1) is 5.92 Å². The maximum absolute atomic E-state index is 4.33. The molecule has 0 aliphatic heterocycles. The standard InChI is InChI=1S/C13H17BrN4S/c1-9(2)8-15-7-5-11-17-18-13(19-11)12-10(14)4-3-6-16-12/h3-4,6,9,15H,5,7-8H2,1-2H3. The van der Waals surface area contributed by atoms with Gasteiger partial charge in [0.1, 0.15) is 10.7 Å². The molecule has 6 heteroatoms. The predicted molar refractivity (Wildman–Crippen MR) is 82.3 cm³/mol. The molecule has 0 amide bonds. The Kier molecular flexibility index (Phi) is 5.42. The van der Waals surface area contributed by atoms with Crippen LogP contribution in [-0.4, -0.2) is 28.3 Å². The van der Waals surface area contributed by atoms with Gasteiger partial charge in [-0.3, -0.25) is 4.98 Å². The first-order chi connectivity index (χ1) is 9.16. The number of aromatic nitrogens is 3. The third-order valence-electron chi connectivity index (χ3n) is 2.50. The van der Waals surface area contributed by atoms with E-state index in [-0.39, 0.29) is 0 Å². The van der Waals surface area contributed by atoms with Gasteiger partial charge in [-0.2, -0.15) is 0 Å². The smallest absolute Gasteiger partial charge is 0.167 e. The Bertz CT molecular complexity index is 527. The SMILES string of the molecule is CC(C)CNCCc1nnc(-c2ncccc2Br)s1. The summed E-state index contributed by atoms with van der Waals surface area (Å²) in [6, 6.07) is 3.86. The molecule has 0 saturated heterocycles. The van der Waals surface area contributed by atoms with Gasteiger partial charge in [0.05, 0.1) is 0 Å². The van der Waals surface area contributed by atoms with Crippen molar-refractivity contribution in [2.24, 2.45) is 5.92 Å². The van der Waals surface area contributed by atoms with Gasteiger partial charge in [-0.1, -0.05) is 25.2 Å². The summed E-state index contributed by atoms with van der Waals surface area (Å²) in [5.74, 6) is 0.675. The minimum absolute atomic E-state index is 0.675. The molecule has 0 aliphatic carbocycles. The van der Waals surface area contributed by atoms with Gasteiger partial charge >= 0.3 is 0 Å². The lowest BCUT2D eigenvalue weighted by Crippen LogP contribution is -2.22. The molecule has 0 aliphatic rings. The summed E-state index contributed by atoms with van der Waals surface area (Å²) >= 11 is 5.09. The van der Waals surface area contributed by atoms with Crippen LogP contribution in [-0.2, 0) is 6.42 Å². The molecule has 2 heterocycles. The zero-order valence-electron chi connectivity index (χ0n) is 11.1. The van der Waals surface area contributed by atoms with Crippen molar-refractivity contribution in [3.05, 3.63) is 27.8 Å². The summed E-state index contributed by atoms with van der Waals surface area (Å²) in [6.45, 7) is 6.39. The van der Waals surface area contributed by atoms with Crippen molar-refractivity contribution in [2.45, 2.75) is 20.3 Å². The van der Waals surface area contributed by atoms with Crippen molar-refractivity contribution in [2.75, 3.05) is 13.1 Å². The highest BCUT2D eigenvalue weighted by Crippen LogP contribution is 2.28. The second-order valence-electron chi connectivity index (χ2n) is 4.68. The highest BCUT2D eigenvalue weighted by Gasteiger charge is 2.10. The maximum atomic E-state index is 4.33. The molecule has 0 saturated carbocycles. The first-order valence-corrected chi connectivity index (χ1v) is 7.91. The zero-order valence-corrected chi connectivity index (χ0v) is 13.5. The zero-order chi connectivity index (χ0) is 13.7. The molecular formula is C13H17BrN4S. The van der Waals surface area contributed by atoms with E-state index >= 15 is 0 Å². The number of nitrogens with zero attached hydrogens (tertiary/aromatic N) is 3. The van der Waals surface area contributed by atoms with Crippen LogP contribution in [0.2, 0.25) is 0 Å². The van der Waals surface area contributed by atoms with Crippen LogP contribution in [0.3, 0.4) is 0 Å². The fourth-order valence-electron chi connectivity index (χ4n) is 1.58. The third kappa shape index (κ3) is 4.33. The fraction of sp³-hybridized carbons (Fsp3) is 0.462. The number of rotatable bonds is 6. The molecule has 1 N–H and O–H groups in total. The van der Waals surface area contributed by atoms with Crippen LogP contribution in [0.4, 0.5) is 0 Å². The first-order valence-electron chi connectivity index (χ1n) is 6.31. The summed E-state index contributed by atoms with van der Waals surface area (Å²) in [5.41, 5.74) is 0.862. The van der Waals surface area contributed by atoms with Gasteiger partial charge in [-0.05, 0) is 40.5 Å². The first kappa shape index (κ1) is 14.6. The number of hydrogen-bond acceptors (Lipinski definition) is 5. The predicted octanol–water partition coefficient (Wildman–Crippen LogP) is 3.15. The average Bonchev–Trinajstić information content (AvgIpc) is 2.83. The monoisotopic (exact) mass is 340 g/mol. The molecule has 0 fully saturated rings. The van der Waals surface area contributed by atoms with Crippen LogP contribution in [0.25, 0.3) is 10.7 Å². The Balaban J connectivity index is 1.94. The highest BCUT2D eigenvalue weighted by molar-refractivity contribution is 9.10. The molecule has 0 atom stereocenters. The largest absolute Gasteiger partial charge is 0.316 e.